The van der Waals surface area contributed by atoms with Crippen LogP contribution >= 0.6 is 0 Å². The van der Waals surface area contributed by atoms with Gasteiger partial charge in [-0.25, -0.2) is 15.8 Å². The van der Waals surface area contributed by atoms with Crippen molar-refractivity contribution in [2.24, 2.45) is 11.8 Å². The van der Waals surface area contributed by atoms with Crippen molar-refractivity contribution in [1.82, 2.24) is 9.97 Å². The lowest BCUT2D eigenvalue weighted by Gasteiger charge is -2.31. The summed E-state index contributed by atoms with van der Waals surface area (Å²) in [5.41, 5.74) is 3.62. The van der Waals surface area contributed by atoms with Gasteiger partial charge in [-0.1, -0.05) is 27.2 Å². The lowest BCUT2D eigenvalue weighted by molar-refractivity contribution is 0.0844. The molecule has 0 amide bonds. The summed E-state index contributed by atoms with van der Waals surface area (Å²) >= 11 is 0. The van der Waals surface area contributed by atoms with Crippen LogP contribution in [0.3, 0.4) is 0 Å². The molecule has 112 valence electrons. The molecule has 1 aromatic heterocycles. The van der Waals surface area contributed by atoms with Gasteiger partial charge in [0, 0.05) is 0 Å². The Morgan fingerprint density at radius 3 is 2.75 bits per heavy atom. The zero-order valence-corrected chi connectivity index (χ0v) is 12.7. The van der Waals surface area contributed by atoms with Crippen LogP contribution < -0.4 is 16.0 Å². The Morgan fingerprint density at radius 2 is 2.10 bits per heavy atom. The molecule has 5 nitrogen and oxygen atoms in total. The summed E-state index contributed by atoms with van der Waals surface area (Å²) in [6.07, 6.45) is 7.87. The van der Waals surface area contributed by atoms with E-state index < -0.39 is 0 Å². The first-order valence-corrected chi connectivity index (χ1v) is 7.65. The Kier molecular flexibility index (Phi) is 5.17. The van der Waals surface area contributed by atoms with Gasteiger partial charge in [0.25, 0.3) is 0 Å². The minimum absolute atomic E-state index is 0.265. The van der Waals surface area contributed by atoms with Crippen LogP contribution in [0.5, 0.6) is 5.88 Å². The number of nitrogen functional groups attached to an aromatic ring is 1. The fourth-order valence-corrected chi connectivity index (χ4v) is 3.05. The van der Waals surface area contributed by atoms with Gasteiger partial charge in [-0.05, 0) is 37.5 Å². The first-order valence-electron chi connectivity index (χ1n) is 7.65. The van der Waals surface area contributed by atoms with Gasteiger partial charge >= 0.3 is 0 Å². The molecule has 3 N–H and O–H groups in total. The monoisotopic (exact) mass is 278 g/mol. The third-order valence-corrected chi connectivity index (χ3v) is 4.19. The smallest absolute Gasteiger partial charge is 0.222 e. The predicted molar refractivity (Wildman–Crippen MR) is 80.6 cm³/mol. The van der Waals surface area contributed by atoms with Crippen LogP contribution in [0.25, 0.3) is 0 Å². The van der Waals surface area contributed by atoms with Gasteiger partial charge in [0.15, 0.2) is 5.82 Å². The fourth-order valence-electron chi connectivity index (χ4n) is 3.05. The molecule has 1 aliphatic rings. The number of ether oxygens (including phenoxy) is 1. The maximum absolute atomic E-state index is 6.25. The van der Waals surface area contributed by atoms with Gasteiger partial charge in [0.1, 0.15) is 12.4 Å². The number of nitrogens with zero attached hydrogens (tertiary/aromatic N) is 2. The first-order chi connectivity index (χ1) is 9.67. The van der Waals surface area contributed by atoms with Gasteiger partial charge in [-0.2, -0.15) is 0 Å². The molecule has 1 aromatic rings. The average Bonchev–Trinajstić information content (AvgIpc) is 2.47. The number of hydrogen-bond donors (Lipinski definition) is 2. The van der Waals surface area contributed by atoms with Crippen LogP contribution in [0, 0.1) is 5.92 Å². The molecule has 1 saturated carbocycles. The van der Waals surface area contributed by atoms with E-state index in [-0.39, 0.29) is 12.0 Å². The van der Waals surface area contributed by atoms with E-state index in [2.05, 4.69) is 36.2 Å². The minimum Gasteiger partial charge on any atom is -0.474 e. The molecular formula is C15H26N4O. The van der Waals surface area contributed by atoms with Crippen molar-refractivity contribution < 1.29 is 4.74 Å². The number of hydrogen-bond acceptors (Lipinski definition) is 5. The Balaban J connectivity index is 2.23. The third kappa shape index (κ3) is 3.20. The lowest BCUT2D eigenvalue weighted by Crippen LogP contribution is -2.31. The van der Waals surface area contributed by atoms with Crippen molar-refractivity contribution in [3.63, 3.8) is 0 Å². The zero-order valence-electron chi connectivity index (χ0n) is 12.7. The van der Waals surface area contributed by atoms with Gasteiger partial charge in [0.05, 0.1) is 5.56 Å². The molecule has 0 aromatic carbocycles. The van der Waals surface area contributed by atoms with Crippen LogP contribution in [0.1, 0.15) is 64.4 Å². The number of nitrogens with two attached hydrogens (primary N) is 1. The highest BCUT2D eigenvalue weighted by molar-refractivity contribution is 5.49. The number of hydrazine groups is 1. The molecule has 0 spiro atoms. The van der Waals surface area contributed by atoms with E-state index in [9.17, 15) is 0 Å². The second-order valence-electron chi connectivity index (χ2n) is 5.85. The Labute approximate surface area is 121 Å². The number of rotatable bonds is 5. The van der Waals surface area contributed by atoms with Crippen molar-refractivity contribution in [3.05, 3.63) is 11.9 Å². The molecule has 5 heteroatoms. The Morgan fingerprint density at radius 1 is 1.35 bits per heavy atom. The highest BCUT2D eigenvalue weighted by Gasteiger charge is 2.27. The summed E-state index contributed by atoms with van der Waals surface area (Å²) in [5.74, 6) is 7.79. The standard InChI is InChI=1S/C15H26N4O/c1-4-11-7-5-6-8-12(11)20-15-13(10(2)3)14(19-16)17-9-18-15/h9-12H,4-8,16H2,1-3H3,(H,17,18,19). The fraction of sp³-hybridized carbons (Fsp3) is 0.733. The average molecular weight is 278 g/mol. The van der Waals surface area contributed by atoms with E-state index in [1.165, 1.54) is 25.6 Å². The van der Waals surface area contributed by atoms with Crippen LogP contribution in [-0.2, 0) is 0 Å². The van der Waals surface area contributed by atoms with Gasteiger partial charge in [0.2, 0.25) is 5.88 Å². The Hall–Kier alpha value is -1.36. The van der Waals surface area contributed by atoms with Crippen molar-refractivity contribution in [2.75, 3.05) is 5.43 Å². The SMILES string of the molecule is CCC1CCCCC1Oc1ncnc(NN)c1C(C)C. The molecule has 2 rings (SSSR count). The van der Waals surface area contributed by atoms with Gasteiger partial charge in [-0.15, -0.1) is 0 Å². The minimum atomic E-state index is 0.265. The van der Waals surface area contributed by atoms with E-state index >= 15 is 0 Å². The maximum atomic E-state index is 6.25. The van der Waals surface area contributed by atoms with Crippen LogP contribution in [0.15, 0.2) is 6.33 Å². The second-order valence-corrected chi connectivity index (χ2v) is 5.85. The highest BCUT2D eigenvalue weighted by Crippen LogP contribution is 2.34. The van der Waals surface area contributed by atoms with Crippen molar-refractivity contribution in [3.8, 4) is 5.88 Å². The third-order valence-electron chi connectivity index (χ3n) is 4.19. The topological polar surface area (TPSA) is 73.1 Å². The highest BCUT2D eigenvalue weighted by atomic mass is 16.5. The van der Waals surface area contributed by atoms with Crippen LogP contribution in [0.2, 0.25) is 0 Å². The molecule has 1 aliphatic carbocycles. The normalized spacial score (nSPS) is 22.9. The van der Waals surface area contributed by atoms with Crippen LogP contribution in [-0.4, -0.2) is 16.1 Å². The van der Waals surface area contributed by atoms with E-state index in [1.54, 1.807) is 0 Å². The number of anilines is 1. The molecule has 20 heavy (non-hydrogen) atoms. The van der Waals surface area contributed by atoms with E-state index in [4.69, 9.17) is 10.6 Å². The largest absolute Gasteiger partial charge is 0.474 e. The Bertz CT molecular complexity index is 436. The summed E-state index contributed by atoms with van der Waals surface area (Å²) in [6.45, 7) is 6.44. The van der Waals surface area contributed by atoms with Gasteiger partial charge < -0.3 is 10.2 Å². The molecule has 2 unspecified atom stereocenters. The second kappa shape index (κ2) is 6.88. The summed E-state index contributed by atoms with van der Waals surface area (Å²) in [5, 5.41) is 0. The molecule has 0 aliphatic heterocycles. The first kappa shape index (κ1) is 15.0. The predicted octanol–water partition coefficient (Wildman–Crippen LogP) is 3.23. The van der Waals surface area contributed by atoms with E-state index in [1.807, 2.05) is 0 Å². The van der Waals surface area contributed by atoms with Gasteiger partial charge in [-0.3, -0.25) is 0 Å². The molecule has 1 heterocycles. The summed E-state index contributed by atoms with van der Waals surface area (Å²) < 4.78 is 6.25. The molecule has 0 radical (unpaired) electrons. The summed E-state index contributed by atoms with van der Waals surface area (Å²) in [7, 11) is 0. The van der Waals surface area contributed by atoms with Crippen LogP contribution in [0.4, 0.5) is 5.82 Å². The van der Waals surface area contributed by atoms with Crippen molar-refractivity contribution >= 4 is 5.82 Å². The number of aromatic nitrogens is 2. The van der Waals surface area contributed by atoms with E-state index in [0.29, 0.717) is 17.6 Å². The quantitative estimate of drug-likeness (QED) is 0.639. The molecule has 0 saturated heterocycles. The molecule has 0 bridgehead atoms. The zero-order chi connectivity index (χ0) is 14.5. The maximum Gasteiger partial charge on any atom is 0.222 e. The molecule has 1 fully saturated rings. The van der Waals surface area contributed by atoms with E-state index in [0.717, 1.165) is 18.4 Å². The lowest BCUT2D eigenvalue weighted by atomic mass is 9.85. The molecular weight excluding hydrogens is 252 g/mol. The molecule has 2 atom stereocenters. The van der Waals surface area contributed by atoms with Crippen molar-refractivity contribution in [1.29, 1.82) is 0 Å². The summed E-state index contributed by atoms with van der Waals surface area (Å²) in [4.78, 5) is 8.53. The van der Waals surface area contributed by atoms with Crippen molar-refractivity contribution in [2.45, 2.75) is 64.9 Å². The summed E-state index contributed by atoms with van der Waals surface area (Å²) in [6, 6.07) is 0. The number of nitrogens with one attached hydrogen (secondary N) is 1.